The van der Waals surface area contributed by atoms with Gasteiger partial charge in [0.15, 0.2) is 0 Å². The summed E-state index contributed by atoms with van der Waals surface area (Å²) < 4.78 is 16.3. The quantitative estimate of drug-likeness (QED) is 0.140. The number of carbonyl (C=O) groups is 3. The number of hydrogen-bond acceptors (Lipinski definition) is 6. The molecule has 0 heterocycles. The van der Waals surface area contributed by atoms with Gasteiger partial charge in [-0.2, -0.15) is 0 Å². The molecule has 0 aliphatic carbocycles. The largest absolute Gasteiger partial charge is 0.463 e. The van der Waals surface area contributed by atoms with Gasteiger partial charge in [-0.1, -0.05) is 93.3 Å². The van der Waals surface area contributed by atoms with Crippen LogP contribution in [-0.2, 0) is 41.8 Å². The molecular formula is C30H40O6. The van der Waals surface area contributed by atoms with Crippen LogP contribution in [0.4, 0.5) is 0 Å². The summed E-state index contributed by atoms with van der Waals surface area (Å²) in [6.45, 7) is 4.31. The molecule has 2 aromatic carbocycles. The Morgan fingerprint density at radius 1 is 0.722 bits per heavy atom. The van der Waals surface area contributed by atoms with Gasteiger partial charge in [0.1, 0.15) is 13.2 Å². The number of ether oxygens (including phenoxy) is 3. The van der Waals surface area contributed by atoms with Gasteiger partial charge >= 0.3 is 17.9 Å². The number of esters is 3. The number of rotatable bonds is 17. The van der Waals surface area contributed by atoms with E-state index in [1.807, 2.05) is 67.6 Å². The molecule has 2 atom stereocenters. The first kappa shape index (κ1) is 29.1. The van der Waals surface area contributed by atoms with Crippen molar-refractivity contribution in [2.45, 2.75) is 91.0 Å². The van der Waals surface area contributed by atoms with E-state index in [1.54, 1.807) is 0 Å². The zero-order valence-electron chi connectivity index (χ0n) is 21.7. The van der Waals surface area contributed by atoms with E-state index in [1.165, 1.54) is 19.3 Å². The molecule has 2 aromatic rings. The molecule has 0 saturated heterocycles. The monoisotopic (exact) mass is 496 g/mol. The zero-order valence-corrected chi connectivity index (χ0v) is 21.7. The number of benzene rings is 2. The third-order valence-electron chi connectivity index (χ3n) is 5.96. The van der Waals surface area contributed by atoms with Crippen LogP contribution < -0.4 is 0 Å². The van der Waals surface area contributed by atoms with Crippen LogP contribution in [0.2, 0.25) is 0 Å². The number of carbonyl (C=O) groups excluding carboxylic acids is 3. The van der Waals surface area contributed by atoms with Gasteiger partial charge in [0.05, 0.1) is 18.4 Å². The summed E-state index contributed by atoms with van der Waals surface area (Å²) in [6.07, 6.45) is 6.48. The maximum Gasteiger partial charge on any atom is 0.309 e. The highest BCUT2D eigenvalue weighted by Crippen LogP contribution is 2.18. The van der Waals surface area contributed by atoms with Crippen LogP contribution in [0.15, 0.2) is 60.7 Å². The summed E-state index contributed by atoms with van der Waals surface area (Å²) in [5.41, 5.74) is 1.71. The summed E-state index contributed by atoms with van der Waals surface area (Å²) in [6, 6.07) is 18.7. The molecule has 36 heavy (non-hydrogen) atoms. The Morgan fingerprint density at radius 3 is 1.92 bits per heavy atom. The molecule has 0 N–H and O–H groups in total. The predicted octanol–water partition coefficient (Wildman–Crippen LogP) is 6.55. The third kappa shape index (κ3) is 12.5. The molecule has 0 saturated carbocycles. The highest BCUT2D eigenvalue weighted by molar-refractivity contribution is 5.80. The maximum atomic E-state index is 12.8. The Kier molecular flexibility index (Phi) is 14.0. The van der Waals surface area contributed by atoms with Crippen molar-refractivity contribution in [2.24, 2.45) is 5.92 Å². The molecule has 6 nitrogen and oxygen atoms in total. The van der Waals surface area contributed by atoms with Gasteiger partial charge in [-0.25, -0.2) is 0 Å². The van der Waals surface area contributed by atoms with Gasteiger partial charge < -0.3 is 14.2 Å². The van der Waals surface area contributed by atoms with Crippen molar-refractivity contribution >= 4 is 17.9 Å². The zero-order chi connectivity index (χ0) is 26.0. The molecule has 0 spiro atoms. The molecule has 0 aromatic heterocycles. The van der Waals surface area contributed by atoms with E-state index in [4.69, 9.17) is 14.2 Å². The normalized spacial score (nSPS) is 12.4. The van der Waals surface area contributed by atoms with Crippen LogP contribution in [0.1, 0.15) is 82.8 Å². The fourth-order valence-electron chi connectivity index (χ4n) is 3.82. The van der Waals surface area contributed by atoms with E-state index in [0.29, 0.717) is 0 Å². The van der Waals surface area contributed by atoms with Gasteiger partial charge in [0.25, 0.3) is 0 Å². The van der Waals surface area contributed by atoms with E-state index in [0.717, 1.165) is 30.4 Å². The standard InChI is InChI=1S/C30H40O6/c1-3-4-5-6-9-14-24(2)36-28(31)20-19-27(30(33)35-23-26-17-12-8-13-18-26)21-29(32)34-22-25-15-10-7-11-16-25/h7-8,10-13,15-18,24,27H,3-6,9,14,19-23H2,1-2H3. The Bertz CT molecular complexity index is 896. The number of hydrogen-bond donors (Lipinski definition) is 0. The molecule has 0 aliphatic rings. The SMILES string of the molecule is CCCCCCCC(C)OC(=O)CCC(CC(=O)OCc1ccccc1)C(=O)OCc1ccccc1. The van der Waals surface area contributed by atoms with E-state index in [-0.39, 0.29) is 44.5 Å². The lowest BCUT2D eigenvalue weighted by atomic mass is 9.99. The lowest BCUT2D eigenvalue weighted by Gasteiger charge is -2.17. The van der Waals surface area contributed by atoms with E-state index >= 15 is 0 Å². The first-order valence-corrected chi connectivity index (χ1v) is 13.1. The minimum atomic E-state index is -0.783. The van der Waals surface area contributed by atoms with E-state index in [9.17, 15) is 14.4 Å². The first-order chi connectivity index (χ1) is 17.5. The molecule has 0 bridgehead atoms. The second kappa shape index (κ2) is 17.3. The van der Waals surface area contributed by atoms with E-state index in [2.05, 4.69) is 6.92 Å². The minimum absolute atomic E-state index is 0.0389. The van der Waals surface area contributed by atoms with Crippen molar-refractivity contribution in [1.82, 2.24) is 0 Å². The minimum Gasteiger partial charge on any atom is -0.463 e. The van der Waals surface area contributed by atoms with Crippen LogP contribution >= 0.6 is 0 Å². The van der Waals surface area contributed by atoms with Crippen LogP contribution in [-0.4, -0.2) is 24.0 Å². The highest BCUT2D eigenvalue weighted by Gasteiger charge is 2.26. The van der Waals surface area contributed by atoms with Crippen molar-refractivity contribution in [2.75, 3.05) is 0 Å². The van der Waals surface area contributed by atoms with Crippen molar-refractivity contribution in [1.29, 1.82) is 0 Å². The average molecular weight is 497 g/mol. The molecule has 0 fully saturated rings. The summed E-state index contributed by atoms with van der Waals surface area (Å²) in [5, 5.41) is 0. The van der Waals surface area contributed by atoms with Gasteiger partial charge in [-0.05, 0) is 37.3 Å². The van der Waals surface area contributed by atoms with Gasteiger partial charge in [0.2, 0.25) is 0 Å². The molecule has 0 radical (unpaired) electrons. The fourth-order valence-corrected chi connectivity index (χ4v) is 3.82. The van der Waals surface area contributed by atoms with Gasteiger partial charge in [0, 0.05) is 6.42 Å². The summed E-state index contributed by atoms with van der Waals surface area (Å²) in [7, 11) is 0. The lowest BCUT2D eigenvalue weighted by Crippen LogP contribution is -2.24. The Morgan fingerprint density at radius 2 is 1.31 bits per heavy atom. The Labute approximate surface area is 215 Å². The molecular weight excluding hydrogens is 456 g/mol. The van der Waals surface area contributed by atoms with Crippen molar-refractivity contribution in [3.05, 3.63) is 71.8 Å². The Hall–Kier alpha value is -3.15. The molecule has 2 unspecified atom stereocenters. The van der Waals surface area contributed by atoms with Crippen molar-refractivity contribution < 1.29 is 28.6 Å². The second-order valence-corrected chi connectivity index (χ2v) is 9.18. The highest BCUT2D eigenvalue weighted by atomic mass is 16.5. The molecule has 196 valence electrons. The van der Waals surface area contributed by atoms with Gasteiger partial charge in [-0.15, -0.1) is 0 Å². The molecule has 2 rings (SSSR count). The third-order valence-corrected chi connectivity index (χ3v) is 5.96. The maximum absolute atomic E-state index is 12.8. The topological polar surface area (TPSA) is 78.9 Å². The van der Waals surface area contributed by atoms with Crippen LogP contribution in [0, 0.1) is 5.92 Å². The van der Waals surface area contributed by atoms with E-state index < -0.39 is 17.9 Å². The second-order valence-electron chi connectivity index (χ2n) is 9.18. The van der Waals surface area contributed by atoms with Crippen LogP contribution in [0.25, 0.3) is 0 Å². The number of unbranched alkanes of at least 4 members (excludes halogenated alkanes) is 4. The fraction of sp³-hybridized carbons (Fsp3) is 0.500. The Balaban J connectivity index is 1.84. The summed E-state index contributed by atoms with van der Waals surface area (Å²) >= 11 is 0. The summed E-state index contributed by atoms with van der Waals surface area (Å²) in [4.78, 5) is 37.7. The molecule has 6 heteroatoms. The van der Waals surface area contributed by atoms with Crippen molar-refractivity contribution in [3.63, 3.8) is 0 Å². The lowest BCUT2D eigenvalue weighted by molar-refractivity contribution is -0.158. The predicted molar refractivity (Wildman–Crippen MR) is 139 cm³/mol. The first-order valence-electron chi connectivity index (χ1n) is 13.1. The smallest absolute Gasteiger partial charge is 0.309 e. The molecule has 0 aliphatic heterocycles. The van der Waals surface area contributed by atoms with Crippen LogP contribution in [0.5, 0.6) is 0 Å². The van der Waals surface area contributed by atoms with Crippen LogP contribution in [0.3, 0.4) is 0 Å². The summed E-state index contributed by atoms with van der Waals surface area (Å²) in [5.74, 6) is -2.18. The average Bonchev–Trinajstić information content (AvgIpc) is 2.89. The van der Waals surface area contributed by atoms with Gasteiger partial charge in [-0.3, -0.25) is 14.4 Å². The molecule has 0 amide bonds. The van der Waals surface area contributed by atoms with Crippen molar-refractivity contribution in [3.8, 4) is 0 Å².